The van der Waals surface area contributed by atoms with Crippen molar-refractivity contribution in [2.75, 3.05) is 41.0 Å². The van der Waals surface area contributed by atoms with E-state index < -0.39 is 37.5 Å². The third kappa shape index (κ3) is 6.23. The number of hydrogen-bond acceptors (Lipinski definition) is 9. The van der Waals surface area contributed by atoms with Crippen LogP contribution in [0.4, 0.5) is 0 Å². The molecule has 2 aromatic rings. The Morgan fingerprint density at radius 2 is 1.61 bits per heavy atom. The lowest BCUT2D eigenvalue weighted by Gasteiger charge is -2.13. The van der Waals surface area contributed by atoms with Crippen LogP contribution >= 0.6 is 0 Å². The Kier molecular flexibility index (Phi) is 8.34. The fourth-order valence-electron chi connectivity index (χ4n) is 3.21. The maximum Gasteiger partial charge on any atom is 0.322 e. The average Bonchev–Trinajstić information content (AvgIpc) is 3.18. The average molecular weight is 500 g/mol. The Morgan fingerprint density at radius 3 is 2.22 bits per heavy atom. The molecular weight excluding hydrogens is 476 g/mol. The molecule has 2 amide bonds. The van der Waals surface area contributed by atoms with Gasteiger partial charge in [-0.25, -0.2) is 0 Å². The molecule has 0 atom stereocenters. The number of rotatable bonds is 11. The second-order valence-electron chi connectivity index (χ2n) is 7.29. The number of hydrogen-bond donors (Lipinski definition) is 3. The van der Waals surface area contributed by atoms with Gasteiger partial charge in [0.2, 0.25) is 17.4 Å². The van der Waals surface area contributed by atoms with Gasteiger partial charge in [0.05, 0.1) is 33.4 Å². The molecule has 1 aliphatic heterocycles. The minimum Gasteiger partial charge on any atom is -0.493 e. The van der Waals surface area contributed by atoms with Crippen molar-refractivity contribution >= 4 is 29.6 Å². The number of carboxylic acid groups (broad SMARTS) is 1. The maximum atomic E-state index is 12.8. The Morgan fingerprint density at radius 1 is 0.944 bits per heavy atom. The van der Waals surface area contributed by atoms with Gasteiger partial charge in [0, 0.05) is 6.07 Å². The lowest BCUT2D eigenvalue weighted by atomic mass is 10.1. The summed E-state index contributed by atoms with van der Waals surface area (Å²) in [6.07, 6.45) is 1.54. The van der Waals surface area contributed by atoms with E-state index in [4.69, 9.17) is 28.8 Å². The number of nitrogens with one attached hydrogen (secondary N) is 2. The van der Waals surface area contributed by atoms with Crippen molar-refractivity contribution in [2.24, 2.45) is 0 Å². The van der Waals surface area contributed by atoms with E-state index in [1.165, 1.54) is 45.6 Å². The zero-order chi connectivity index (χ0) is 26.2. The molecule has 12 heteroatoms. The van der Waals surface area contributed by atoms with Crippen molar-refractivity contribution < 1.29 is 48.0 Å². The maximum absolute atomic E-state index is 12.8. The number of fused-ring (bicyclic) bond motifs is 1. The number of ketones is 1. The van der Waals surface area contributed by atoms with Crippen LogP contribution in [0.5, 0.6) is 28.7 Å². The number of allylic oxidation sites excluding steroid dienone is 1. The monoisotopic (exact) mass is 500 g/mol. The second kappa shape index (κ2) is 11.6. The van der Waals surface area contributed by atoms with Gasteiger partial charge in [-0.1, -0.05) is 0 Å². The second-order valence-corrected chi connectivity index (χ2v) is 7.29. The van der Waals surface area contributed by atoms with Gasteiger partial charge in [0.1, 0.15) is 18.0 Å². The molecule has 0 aliphatic carbocycles. The number of Topliss-reactive ketones (excluding diaryl/α,β-unsaturated/α-hetero) is 1. The number of carbonyl (C=O) groups excluding carboxylic acids is 3. The predicted molar refractivity (Wildman–Crippen MR) is 125 cm³/mol. The highest BCUT2D eigenvalue weighted by Gasteiger charge is 2.28. The van der Waals surface area contributed by atoms with Crippen LogP contribution in [0.3, 0.4) is 0 Å². The van der Waals surface area contributed by atoms with E-state index in [9.17, 15) is 19.2 Å². The van der Waals surface area contributed by atoms with Gasteiger partial charge in [-0.2, -0.15) is 0 Å². The molecule has 36 heavy (non-hydrogen) atoms. The molecule has 0 aromatic heterocycles. The quantitative estimate of drug-likeness (QED) is 0.380. The van der Waals surface area contributed by atoms with Gasteiger partial charge in [-0.05, 0) is 35.9 Å². The molecule has 0 radical (unpaired) electrons. The summed E-state index contributed by atoms with van der Waals surface area (Å²) in [7, 11) is 4.45. The zero-order valence-electron chi connectivity index (χ0n) is 19.7. The SMILES string of the molecule is COc1cc(C=C2Oc3cc(OCC(=O)NCC(=O)NCC(=O)O)ccc3C2=O)cc(OC)c1OC. The highest BCUT2D eigenvalue weighted by Crippen LogP contribution is 2.40. The summed E-state index contributed by atoms with van der Waals surface area (Å²) in [4.78, 5) is 46.6. The Labute approximate surface area is 205 Å². The topological polar surface area (TPSA) is 159 Å². The van der Waals surface area contributed by atoms with Gasteiger partial charge in [-0.15, -0.1) is 0 Å². The summed E-state index contributed by atoms with van der Waals surface area (Å²) < 4.78 is 27.1. The number of benzene rings is 2. The molecule has 12 nitrogen and oxygen atoms in total. The predicted octanol–water partition coefficient (Wildman–Crippen LogP) is 1.02. The largest absolute Gasteiger partial charge is 0.493 e. The van der Waals surface area contributed by atoms with E-state index in [2.05, 4.69) is 10.6 Å². The van der Waals surface area contributed by atoms with E-state index in [0.29, 0.717) is 28.4 Å². The number of methoxy groups -OCH3 is 3. The summed E-state index contributed by atoms with van der Waals surface area (Å²) in [5, 5.41) is 12.9. The molecule has 2 aromatic carbocycles. The number of amides is 2. The summed E-state index contributed by atoms with van der Waals surface area (Å²) in [5.41, 5.74) is 0.904. The van der Waals surface area contributed by atoms with Crippen LogP contribution in [0.2, 0.25) is 0 Å². The minimum atomic E-state index is -1.20. The number of ether oxygens (including phenoxy) is 5. The lowest BCUT2D eigenvalue weighted by molar-refractivity contribution is -0.137. The van der Waals surface area contributed by atoms with E-state index in [-0.39, 0.29) is 23.0 Å². The normalized spacial score (nSPS) is 12.9. The minimum absolute atomic E-state index is 0.0709. The Balaban J connectivity index is 1.64. The molecule has 0 bridgehead atoms. The number of carbonyl (C=O) groups is 4. The zero-order valence-corrected chi connectivity index (χ0v) is 19.7. The Bertz CT molecular complexity index is 1200. The fraction of sp³-hybridized carbons (Fsp3) is 0.250. The summed E-state index contributed by atoms with van der Waals surface area (Å²) >= 11 is 0. The number of aliphatic carboxylic acids is 1. The van der Waals surface area contributed by atoms with Gasteiger partial charge in [-0.3, -0.25) is 19.2 Å². The molecule has 0 spiro atoms. The molecule has 0 unspecified atom stereocenters. The molecule has 190 valence electrons. The first-order valence-electron chi connectivity index (χ1n) is 10.5. The molecule has 0 saturated heterocycles. The van der Waals surface area contributed by atoms with Gasteiger partial charge in [0.25, 0.3) is 5.91 Å². The summed E-state index contributed by atoms with van der Waals surface area (Å²) in [5.74, 6) is -0.946. The van der Waals surface area contributed by atoms with Crippen LogP contribution < -0.4 is 34.3 Å². The van der Waals surface area contributed by atoms with Crippen LogP contribution in [-0.4, -0.2) is 69.7 Å². The van der Waals surface area contributed by atoms with E-state index >= 15 is 0 Å². The summed E-state index contributed by atoms with van der Waals surface area (Å²) in [6, 6.07) is 7.83. The Hall–Kier alpha value is -4.74. The van der Waals surface area contributed by atoms with Crippen LogP contribution in [0.1, 0.15) is 15.9 Å². The van der Waals surface area contributed by atoms with Crippen LogP contribution in [0.15, 0.2) is 36.1 Å². The lowest BCUT2D eigenvalue weighted by Crippen LogP contribution is -2.40. The molecule has 3 N–H and O–H groups in total. The molecule has 1 aliphatic rings. The standard InChI is InChI=1S/C24H24N2O10/c1-32-18-7-13(8-19(33-2)24(18)34-3)6-17-23(31)15-5-4-14(9-16(15)36-17)35-12-21(28)25-10-20(27)26-11-22(29)30/h4-9H,10-12H2,1-3H3,(H,25,28)(H,26,27)(H,29,30). The first-order chi connectivity index (χ1) is 17.2. The van der Waals surface area contributed by atoms with Crippen molar-refractivity contribution in [3.05, 3.63) is 47.2 Å². The van der Waals surface area contributed by atoms with Crippen molar-refractivity contribution in [1.29, 1.82) is 0 Å². The molecule has 1 heterocycles. The van der Waals surface area contributed by atoms with Crippen molar-refractivity contribution in [3.63, 3.8) is 0 Å². The first kappa shape index (κ1) is 25.9. The van der Waals surface area contributed by atoms with Crippen LogP contribution in [0, 0.1) is 0 Å². The van der Waals surface area contributed by atoms with Gasteiger partial charge in [0.15, 0.2) is 23.9 Å². The van der Waals surface area contributed by atoms with E-state index in [1.54, 1.807) is 12.1 Å². The number of carboxylic acids is 1. The molecule has 0 saturated carbocycles. The molecule has 3 rings (SSSR count). The highest BCUT2D eigenvalue weighted by atomic mass is 16.5. The van der Waals surface area contributed by atoms with Gasteiger partial charge < -0.3 is 39.4 Å². The summed E-state index contributed by atoms with van der Waals surface area (Å²) in [6.45, 7) is -1.35. The van der Waals surface area contributed by atoms with Crippen molar-refractivity contribution in [3.8, 4) is 28.7 Å². The molecular formula is C24H24N2O10. The first-order valence-corrected chi connectivity index (χ1v) is 10.5. The van der Waals surface area contributed by atoms with Crippen LogP contribution in [0.25, 0.3) is 6.08 Å². The highest BCUT2D eigenvalue weighted by molar-refractivity contribution is 6.14. The fourth-order valence-corrected chi connectivity index (χ4v) is 3.21. The van der Waals surface area contributed by atoms with E-state index in [0.717, 1.165) is 0 Å². The third-order valence-electron chi connectivity index (χ3n) is 4.88. The smallest absolute Gasteiger partial charge is 0.322 e. The van der Waals surface area contributed by atoms with E-state index in [1.807, 2.05) is 0 Å². The third-order valence-corrected chi connectivity index (χ3v) is 4.88. The van der Waals surface area contributed by atoms with Gasteiger partial charge >= 0.3 is 5.97 Å². The van der Waals surface area contributed by atoms with Crippen molar-refractivity contribution in [1.82, 2.24) is 10.6 Å². The van der Waals surface area contributed by atoms with Crippen molar-refractivity contribution in [2.45, 2.75) is 0 Å². The van der Waals surface area contributed by atoms with Crippen LogP contribution in [-0.2, 0) is 14.4 Å². The molecule has 0 fully saturated rings.